The molecule has 0 aromatic carbocycles. The van der Waals surface area contributed by atoms with Crippen molar-refractivity contribution in [1.82, 2.24) is 4.90 Å². The molecule has 0 heterocycles. The van der Waals surface area contributed by atoms with Gasteiger partial charge in [0, 0.05) is 6.04 Å². The highest BCUT2D eigenvalue weighted by Gasteiger charge is 2.30. The SMILES string of the molecule is CCCCCCCCCCCCCCCCCCC(C)(C)C(CCCCCCCC)N(C)C. The van der Waals surface area contributed by atoms with Gasteiger partial charge in [-0.05, 0) is 32.4 Å². The fraction of sp³-hybridized carbons (Fsp3) is 1.00. The van der Waals surface area contributed by atoms with Crippen LogP contribution in [0.3, 0.4) is 0 Å². The van der Waals surface area contributed by atoms with E-state index < -0.39 is 0 Å². The summed E-state index contributed by atoms with van der Waals surface area (Å²) in [6.07, 6.45) is 34.6. The number of nitrogens with zero attached hydrogens (tertiary/aromatic N) is 1. The lowest BCUT2D eigenvalue weighted by molar-refractivity contribution is 0.111. The molecule has 0 aromatic heterocycles. The van der Waals surface area contributed by atoms with Crippen molar-refractivity contribution in [1.29, 1.82) is 0 Å². The Morgan fingerprint density at radius 1 is 0.455 bits per heavy atom. The summed E-state index contributed by atoms with van der Waals surface area (Å²) in [6.45, 7) is 9.67. The van der Waals surface area contributed by atoms with Crippen molar-refractivity contribution in [2.24, 2.45) is 5.41 Å². The number of unbranched alkanes of at least 4 members (excludes halogenated alkanes) is 20. The Bertz CT molecular complexity index is 373. The predicted molar refractivity (Wildman–Crippen MR) is 153 cm³/mol. The van der Waals surface area contributed by atoms with Gasteiger partial charge in [0.05, 0.1) is 0 Å². The Labute approximate surface area is 212 Å². The van der Waals surface area contributed by atoms with Crippen LogP contribution in [0.15, 0.2) is 0 Å². The molecule has 0 bridgehead atoms. The molecule has 0 spiro atoms. The molecule has 1 atom stereocenters. The normalized spacial score (nSPS) is 13.2. The molecule has 0 amide bonds. The molecule has 200 valence electrons. The smallest absolute Gasteiger partial charge is 0.0140 e. The lowest BCUT2D eigenvalue weighted by Gasteiger charge is -2.39. The highest BCUT2D eigenvalue weighted by molar-refractivity contribution is 4.84. The molecule has 1 heteroatoms. The van der Waals surface area contributed by atoms with E-state index in [9.17, 15) is 0 Å². The topological polar surface area (TPSA) is 3.24 Å². The molecule has 1 nitrogen and oxygen atoms in total. The standard InChI is InChI=1S/C32H67N/c1-7-9-11-13-15-16-17-18-19-20-21-22-23-24-26-28-30-32(3,4)31(33(5)6)29-27-25-14-12-10-8-2/h31H,7-30H2,1-6H3. The van der Waals surface area contributed by atoms with E-state index in [1.807, 2.05) is 0 Å². The van der Waals surface area contributed by atoms with Crippen LogP contribution in [0.4, 0.5) is 0 Å². The first-order valence-corrected chi connectivity index (χ1v) is 15.6. The zero-order valence-corrected chi connectivity index (χ0v) is 24.5. The van der Waals surface area contributed by atoms with Gasteiger partial charge < -0.3 is 4.90 Å². The van der Waals surface area contributed by atoms with Gasteiger partial charge >= 0.3 is 0 Å². The first-order chi connectivity index (χ1) is 16.0. The molecule has 0 N–H and O–H groups in total. The van der Waals surface area contributed by atoms with Crippen molar-refractivity contribution in [3.05, 3.63) is 0 Å². The maximum atomic E-state index is 2.53. The van der Waals surface area contributed by atoms with Crippen molar-refractivity contribution in [3.8, 4) is 0 Å². The maximum absolute atomic E-state index is 2.53. The highest BCUT2D eigenvalue weighted by atomic mass is 15.1. The van der Waals surface area contributed by atoms with E-state index in [0.717, 1.165) is 6.04 Å². The summed E-state index contributed by atoms with van der Waals surface area (Å²) < 4.78 is 0. The average Bonchev–Trinajstić information content (AvgIpc) is 2.77. The minimum Gasteiger partial charge on any atom is -0.306 e. The largest absolute Gasteiger partial charge is 0.306 e. The van der Waals surface area contributed by atoms with Gasteiger partial charge in [0.25, 0.3) is 0 Å². The molecule has 1 unspecified atom stereocenters. The van der Waals surface area contributed by atoms with E-state index in [1.54, 1.807) is 0 Å². The van der Waals surface area contributed by atoms with Gasteiger partial charge in [-0.25, -0.2) is 0 Å². The van der Waals surface area contributed by atoms with E-state index in [2.05, 4.69) is 46.7 Å². The predicted octanol–water partition coefficient (Wildman–Crippen LogP) is 11.3. The maximum Gasteiger partial charge on any atom is 0.0140 e. The van der Waals surface area contributed by atoms with Crippen molar-refractivity contribution in [2.45, 2.75) is 188 Å². The van der Waals surface area contributed by atoms with E-state index >= 15 is 0 Å². The quantitative estimate of drug-likeness (QED) is 0.115. The molecule has 0 saturated heterocycles. The summed E-state index contributed by atoms with van der Waals surface area (Å²) in [5.41, 5.74) is 0.447. The van der Waals surface area contributed by atoms with Crippen LogP contribution in [-0.2, 0) is 0 Å². The summed E-state index contributed by atoms with van der Waals surface area (Å²) in [5, 5.41) is 0. The molecule has 0 aliphatic rings. The molecule has 0 saturated carbocycles. The first kappa shape index (κ1) is 33.0. The molecule has 33 heavy (non-hydrogen) atoms. The molecule has 0 rings (SSSR count). The van der Waals surface area contributed by atoms with Crippen molar-refractivity contribution < 1.29 is 0 Å². The summed E-state index contributed by atoms with van der Waals surface area (Å²) in [6, 6.07) is 0.736. The van der Waals surface area contributed by atoms with Crippen LogP contribution in [0.2, 0.25) is 0 Å². The Balaban J connectivity index is 3.64. The molecular formula is C32H67N. The van der Waals surface area contributed by atoms with Crippen LogP contribution in [0, 0.1) is 5.41 Å². The molecule has 0 aromatic rings. The van der Waals surface area contributed by atoms with Crippen LogP contribution < -0.4 is 0 Å². The van der Waals surface area contributed by atoms with Crippen LogP contribution in [0.1, 0.15) is 182 Å². The summed E-state index contributed by atoms with van der Waals surface area (Å²) in [5.74, 6) is 0. The number of rotatable bonds is 26. The summed E-state index contributed by atoms with van der Waals surface area (Å²) in [7, 11) is 4.61. The second-order valence-corrected chi connectivity index (χ2v) is 12.1. The van der Waals surface area contributed by atoms with Crippen molar-refractivity contribution in [2.75, 3.05) is 14.1 Å². The van der Waals surface area contributed by atoms with Gasteiger partial charge in [0.15, 0.2) is 0 Å². The van der Waals surface area contributed by atoms with Gasteiger partial charge in [-0.15, -0.1) is 0 Å². The molecule has 0 radical (unpaired) electrons. The van der Waals surface area contributed by atoms with E-state index in [-0.39, 0.29) is 0 Å². The average molecular weight is 466 g/mol. The van der Waals surface area contributed by atoms with Crippen LogP contribution in [-0.4, -0.2) is 25.0 Å². The van der Waals surface area contributed by atoms with E-state index in [0.29, 0.717) is 5.41 Å². The first-order valence-electron chi connectivity index (χ1n) is 15.6. The lowest BCUT2D eigenvalue weighted by Crippen LogP contribution is -2.41. The Morgan fingerprint density at radius 2 is 0.758 bits per heavy atom. The monoisotopic (exact) mass is 466 g/mol. The van der Waals surface area contributed by atoms with Gasteiger partial charge in [-0.2, -0.15) is 0 Å². The van der Waals surface area contributed by atoms with Crippen molar-refractivity contribution in [3.63, 3.8) is 0 Å². The van der Waals surface area contributed by atoms with Crippen LogP contribution in [0.25, 0.3) is 0 Å². The number of hydrogen-bond donors (Lipinski definition) is 0. The van der Waals surface area contributed by atoms with Crippen molar-refractivity contribution >= 4 is 0 Å². The third-order valence-corrected chi connectivity index (χ3v) is 8.03. The zero-order valence-electron chi connectivity index (χ0n) is 24.5. The molecule has 0 aliphatic heterocycles. The van der Waals surface area contributed by atoms with Crippen LogP contribution in [0.5, 0.6) is 0 Å². The third kappa shape index (κ3) is 21.0. The Morgan fingerprint density at radius 3 is 1.09 bits per heavy atom. The van der Waals surface area contributed by atoms with Gasteiger partial charge in [0.1, 0.15) is 0 Å². The van der Waals surface area contributed by atoms with Gasteiger partial charge in [0.2, 0.25) is 0 Å². The second kappa shape index (κ2) is 23.7. The van der Waals surface area contributed by atoms with E-state index in [1.165, 1.54) is 154 Å². The fourth-order valence-electron chi connectivity index (χ4n) is 5.76. The third-order valence-electron chi connectivity index (χ3n) is 8.03. The molecular weight excluding hydrogens is 398 g/mol. The fourth-order valence-corrected chi connectivity index (χ4v) is 5.76. The zero-order chi connectivity index (χ0) is 24.6. The lowest BCUT2D eigenvalue weighted by atomic mass is 9.76. The molecule has 0 fully saturated rings. The highest BCUT2D eigenvalue weighted by Crippen LogP contribution is 2.33. The van der Waals surface area contributed by atoms with Gasteiger partial charge in [-0.3, -0.25) is 0 Å². The Kier molecular flexibility index (Phi) is 23.7. The minimum absolute atomic E-state index is 0.447. The summed E-state index contributed by atoms with van der Waals surface area (Å²) in [4.78, 5) is 2.51. The second-order valence-electron chi connectivity index (χ2n) is 12.1. The Hall–Kier alpha value is -0.0400. The minimum atomic E-state index is 0.447. The summed E-state index contributed by atoms with van der Waals surface area (Å²) >= 11 is 0. The van der Waals surface area contributed by atoms with Crippen LogP contribution >= 0.6 is 0 Å². The van der Waals surface area contributed by atoms with Gasteiger partial charge in [-0.1, -0.05) is 169 Å². The molecule has 0 aliphatic carbocycles. The number of hydrogen-bond acceptors (Lipinski definition) is 1. The van der Waals surface area contributed by atoms with E-state index in [4.69, 9.17) is 0 Å².